The first-order chi connectivity index (χ1) is 9.04. The van der Waals surface area contributed by atoms with Gasteiger partial charge >= 0.3 is 5.69 Å². The van der Waals surface area contributed by atoms with Crippen molar-refractivity contribution in [3.63, 3.8) is 0 Å². The monoisotopic (exact) mass is 267 g/mol. The van der Waals surface area contributed by atoms with Crippen molar-refractivity contribution >= 4 is 17.3 Å². The second-order valence-corrected chi connectivity index (χ2v) is 3.87. The molecule has 7 nitrogen and oxygen atoms in total. The zero-order valence-electron chi connectivity index (χ0n) is 10.7. The Kier molecular flexibility index (Phi) is 5.59. The Morgan fingerprint density at radius 2 is 2.26 bits per heavy atom. The minimum Gasteiger partial charge on any atom is -0.487 e. The van der Waals surface area contributed by atoms with E-state index in [1.165, 1.54) is 6.07 Å². The molecule has 0 fully saturated rings. The van der Waals surface area contributed by atoms with Gasteiger partial charge in [0.1, 0.15) is 0 Å². The molecule has 0 atom stereocenters. The van der Waals surface area contributed by atoms with Crippen molar-refractivity contribution in [1.29, 1.82) is 0 Å². The number of hydrogen-bond acceptors (Lipinski definition) is 5. The number of nitrogens with two attached hydrogens (primary N) is 1. The summed E-state index contributed by atoms with van der Waals surface area (Å²) in [5.74, 6) is -0.118. The first kappa shape index (κ1) is 14.7. The topological polar surface area (TPSA) is 107 Å². The molecule has 0 aromatic heterocycles. The lowest BCUT2D eigenvalue weighted by atomic mass is 10.2. The van der Waals surface area contributed by atoms with Gasteiger partial charge in [0.25, 0.3) is 0 Å². The molecule has 0 heterocycles. The predicted octanol–water partition coefficient (Wildman–Crippen LogP) is 1.67. The van der Waals surface area contributed by atoms with Gasteiger partial charge < -0.3 is 15.8 Å². The third-order valence-electron chi connectivity index (χ3n) is 2.39. The van der Waals surface area contributed by atoms with Crippen LogP contribution in [0, 0.1) is 10.1 Å². The highest BCUT2D eigenvalue weighted by Gasteiger charge is 2.15. The maximum Gasteiger partial charge on any atom is 0.311 e. The summed E-state index contributed by atoms with van der Waals surface area (Å²) in [6, 6.07) is 4.57. The van der Waals surface area contributed by atoms with Crippen molar-refractivity contribution in [3.8, 4) is 5.75 Å². The molecule has 0 unspecified atom stereocenters. The summed E-state index contributed by atoms with van der Waals surface area (Å²) < 4.78 is 5.23. The van der Waals surface area contributed by atoms with E-state index >= 15 is 0 Å². The molecule has 1 aromatic carbocycles. The van der Waals surface area contributed by atoms with Crippen LogP contribution in [0.15, 0.2) is 18.2 Å². The lowest BCUT2D eigenvalue weighted by molar-refractivity contribution is -0.385. The Balaban J connectivity index is 2.67. The van der Waals surface area contributed by atoms with Crippen molar-refractivity contribution < 1.29 is 14.5 Å². The Morgan fingerprint density at radius 1 is 1.53 bits per heavy atom. The van der Waals surface area contributed by atoms with Crippen molar-refractivity contribution in [3.05, 3.63) is 28.3 Å². The van der Waals surface area contributed by atoms with Gasteiger partial charge in [-0.1, -0.05) is 0 Å². The molecule has 1 rings (SSSR count). The number of amides is 1. The number of carbonyl (C=O) groups excluding carboxylic acids is 1. The van der Waals surface area contributed by atoms with E-state index in [1.807, 2.05) is 0 Å². The molecule has 19 heavy (non-hydrogen) atoms. The van der Waals surface area contributed by atoms with Gasteiger partial charge in [-0.15, -0.1) is 0 Å². The number of ether oxygens (including phenoxy) is 1. The highest BCUT2D eigenvalue weighted by molar-refractivity contribution is 5.73. The third kappa shape index (κ3) is 4.82. The van der Waals surface area contributed by atoms with Crippen LogP contribution in [0.4, 0.5) is 11.4 Å². The summed E-state index contributed by atoms with van der Waals surface area (Å²) in [5.41, 5.74) is 5.67. The summed E-state index contributed by atoms with van der Waals surface area (Å²) in [4.78, 5) is 20.9. The van der Waals surface area contributed by atoms with Crippen LogP contribution in [0.2, 0.25) is 0 Å². The van der Waals surface area contributed by atoms with Crippen molar-refractivity contribution in [2.24, 2.45) is 5.73 Å². The maximum atomic E-state index is 10.8. The van der Waals surface area contributed by atoms with Crippen molar-refractivity contribution in [2.75, 3.05) is 18.5 Å². The van der Waals surface area contributed by atoms with Crippen LogP contribution in [-0.2, 0) is 4.79 Å². The minimum atomic E-state index is -0.484. The molecule has 0 spiro atoms. The highest BCUT2D eigenvalue weighted by atomic mass is 16.6. The van der Waals surface area contributed by atoms with Gasteiger partial charge in [0.2, 0.25) is 5.91 Å². The summed E-state index contributed by atoms with van der Waals surface area (Å²) in [6.45, 7) is 2.68. The zero-order chi connectivity index (χ0) is 14.3. The number of hydrogen-bond donors (Lipinski definition) is 2. The number of rotatable bonds is 8. The number of nitro groups is 1. The minimum absolute atomic E-state index is 0.0652. The number of primary amides is 1. The highest BCUT2D eigenvalue weighted by Crippen LogP contribution is 2.30. The molecule has 1 aromatic rings. The fourth-order valence-corrected chi connectivity index (χ4v) is 1.54. The average Bonchev–Trinajstić information content (AvgIpc) is 2.35. The summed E-state index contributed by atoms with van der Waals surface area (Å²) >= 11 is 0. The molecule has 0 radical (unpaired) electrons. The number of nitrogens with one attached hydrogen (secondary N) is 1. The predicted molar refractivity (Wildman–Crippen MR) is 71.2 cm³/mol. The Bertz CT molecular complexity index is 462. The lowest BCUT2D eigenvalue weighted by Gasteiger charge is -2.09. The molecular weight excluding hydrogens is 250 g/mol. The fourth-order valence-electron chi connectivity index (χ4n) is 1.54. The van der Waals surface area contributed by atoms with Crippen LogP contribution < -0.4 is 15.8 Å². The van der Waals surface area contributed by atoms with E-state index < -0.39 is 4.92 Å². The quantitative estimate of drug-likeness (QED) is 0.423. The molecule has 0 saturated carbocycles. The van der Waals surface area contributed by atoms with Crippen LogP contribution in [0.25, 0.3) is 0 Å². The molecule has 3 N–H and O–H groups in total. The van der Waals surface area contributed by atoms with Gasteiger partial charge in [-0.05, 0) is 19.4 Å². The molecule has 104 valence electrons. The smallest absolute Gasteiger partial charge is 0.311 e. The second kappa shape index (κ2) is 7.20. The summed E-state index contributed by atoms with van der Waals surface area (Å²) in [6.07, 6.45) is 0.911. The average molecular weight is 267 g/mol. The number of nitrogens with zero attached hydrogens (tertiary/aromatic N) is 1. The van der Waals surface area contributed by atoms with Crippen LogP contribution in [0.5, 0.6) is 5.75 Å². The van der Waals surface area contributed by atoms with E-state index in [1.54, 1.807) is 19.1 Å². The van der Waals surface area contributed by atoms with Gasteiger partial charge in [0.05, 0.1) is 11.5 Å². The van der Waals surface area contributed by atoms with E-state index in [-0.39, 0.29) is 17.3 Å². The van der Waals surface area contributed by atoms with Gasteiger partial charge in [-0.3, -0.25) is 14.9 Å². The number of carbonyl (C=O) groups is 1. The molecule has 0 aliphatic carbocycles. The van der Waals surface area contributed by atoms with E-state index in [0.717, 1.165) is 0 Å². The first-order valence-corrected chi connectivity index (χ1v) is 5.98. The molecule has 1 amide bonds. The maximum absolute atomic E-state index is 10.8. The van der Waals surface area contributed by atoms with Gasteiger partial charge in [0, 0.05) is 30.8 Å². The van der Waals surface area contributed by atoms with E-state index in [9.17, 15) is 14.9 Å². The van der Waals surface area contributed by atoms with Crippen LogP contribution in [-0.4, -0.2) is 24.0 Å². The zero-order valence-corrected chi connectivity index (χ0v) is 10.7. The standard InChI is InChI=1S/C12H17N3O4/c1-2-19-11-8-9(5-6-10(11)15(17)18)14-7-3-4-12(13)16/h5-6,8,14H,2-4,7H2,1H3,(H2,13,16). The Morgan fingerprint density at radius 3 is 2.84 bits per heavy atom. The molecule has 0 bridgehead atoms. The lowest BCUT2D eigenvalue weighted by Crippen LogP contribution is -2.12. The van der Waals surface area contributed by atoms with Crippen molar-refractivity contribution in [2.45, 2.75) is 19.8 Å². The van der Waals surface area contributed by atoms with Gasteiger partial charge in [-0.25, -0.2) is 0 Å². The summed E-state index contributed by atoms with van der Waals surface area (Å²) in [5, 5.41) is 13.9. The van der Waals surface area contributed by atoms with E-state index in [0.29, 0.717) is 31.7 Å². The van der Waals surface area contributed by atoms with Crippen molar-refractivity contribution in [1.82, 2.24) is 0 Å². The second-order valence-electron chi connectivity index (χ2n) is 3.87. The fraction of sp³-hybridized carbons (Fsp3) is 0.417. The molecule has 0 saturated heterocycles. The van der Waals surface area contributed by atoms with Crippen LogP contribution in [0.3, 0.4) is 0 Å². The Labute approximate surface area is 110 Å². The van der Waals surface area contributed by atoms with Crippen LogP contribution >= 0.6 is 0 Å². The van der Waals surface area contributed by atoms with Crippen LogP contribution in [0.1, 0.15) is 19.8 Å². The van der Waals surface area contributed by atoms with E-state index in [4.69, 9.17) is 10.5 Å². The number of benzene rings is 1. The number of anilines is 1. The molecular formula is C12H17N3O4. The molecule has 0 aliphatic heterocycles. The molecule has 7 heteroatoms. The normalized spacial score (nSPS) is 9.95. The molecule has 0 aliphatic rings. The van der Waals surface area contributed by atoms with E-state index in [2.05, 4.69) is 5.32 Å². The Hall–Kier alpha value is -2.31. The van der Waals surface area contributed by atoms with Gasteiger partial charge in [0.15, 0.2) is 5.75 Å². The third-order valence-corrected chi connectivity index (χ3v) is 2.39. The summed E-state index contributed by atoms with van der Waals surface area (Å²) in [7, 11) is 0. The number of nitro benzene ring substituents is 1. The SMILES string of the molecule is CCOc1cc(NCCCC(N)=O)ccc1[N+](=O)[O-]. The largest absolute Gasteiger partial charge is 0.487 e. The van der Waals surface area contributed by atoms with Gasteiger partial charge in [-0.2, -0.15) is 0 Å². The first-order valence-electron chi connectivity index (χ1n) is 5.98.